The third-order valence-electron chi connectivity index (χ3n) is 2.82. The van der Waals surface area contributed by atoms with Crippen molar-refractivity contribution in [2.45, 2.75) is 11.1 Å². The monoisotopic (exact) mass is 323 g/mol. The Hall–Kier alpha value is -1.79. The second kappa shape index (κ2) is 6.78. The third kappa shape index (κ3) is 3.46. The zero-order valence-corrected chi connectivity index (χ0v) is 13.4. The van der Waals surface area contributed by atoms with Gasteiger partial charge in [0.2, 0.25) is 0 Å². The summed E-state index contributed by atoms with van der Waals surface area (Å²) in [5, 5.41) is 1.76. The maximum atomic E-state index is 12.6. The number of benzene rings is 1. The van der Waals surface area contributed by atoms with E-state index in [1.807, 2.05) is 6.92 Å². The van der Waals surface area contributed by atoms with E-state index < -0.39 is 10.0 Å². The van der Waals surface area contributed by atoms with Crippen molar-refractivity contribution in [2.24, 2.45) is 0 Å². The molecule has 6 heteroatoms. The van der Waals surface area contributed by atoms with Gasteiger partial charge >= 0.3 is 0 Å². The molecule has 1 aromatic heterocycles. The topological polar surface area (TPSA) is 46.6 Å². The summed E-state index contributed by atoms with van der Waals surface area (Å²) in [6.07, 6.45) is 1.66. The van der Waals surface area contributed by atoms with Gasteiger partial charge in [-0.3, -0.25) is 4.31 Å². The average Bonchev–Trinajstić information content (AvgIpc) is 3.02. The van der Waals surface area contributed by atoms with Gasteiger partial charge in [0, 0.05) is 6.54 Å². The van der Waals surface area contributed by atoms with Crippen molar-refractivity contribution in [1.82, 2.24) is 0 Å². The van der Waals surface area contributed by atoms with Gasteiger partial charge in [-0.2, -0.15) is 0 Å². The minimum absolute atomic E-state index is 0.344. The minimum atomic E-state index is -3.50. The fourth-order valence-corrected chi connectivity index (χ4v) is 4.45. The predicted molar refractivity (Wildman–Crippen MR) is 86.7 cm³/mol. The number of hydrogen-bond donors (Lipinski definition) is 0. The number of sulfonamides is 1. The van der Waals surface area contributed by atoms with Crippen LogP contribution in [0.5, 0.6) is 5.75 Å². The van der Waals surface area contributed by atoms with Crippen LogP contribution in [0.25, 0.3) is 0 Å². The highest BCUT2D eigenvalue weighted by Gasteiger charge is 2.24. The van der Waals surface area contributed by atoms with Crippen LogP contribution < -0.4 is 9.04 Å². The van der Waals surface area contributed by atoms with Crippen molar-refractivity contribution in [3.05, 3.63) is 54.4 Å². The highest BCUT2D eigenvalue weighted by molar-refractivity contribution is 7.94. The Labute approximate surface area is 129 Å². The molecule has 0 radical (unpaired) electrons. The summed E-state index contributed by atoms with van der Waals surface area (Å²) in [4.78, 5) is 0. The molecule has 1 heterocycles. The first-order valence-electron chi connectivity index (χ1n) is 6.49. The molecule has 0 fully saturated rings. The Bertz CT molecular complexity index is 676. The van der Waals surface area contributed by atoms with E-state index in [1.54, 1.807) is 47.9 Å². The number of hydrogen-bond acceptors (Lipinski definition) is 4. The van der Waals surface area contributed by atoms with Gasteiger partial charge in [-0.25, -0.2) is 8.42 Å². The lowest BCUT2D eigenvalue weighted by atomic mass is 10.3. The van der Waals surface area contributed by atoms with Gasteiger partial charge in [0.25, 0.3) is 10.0 Å². The summed E-state index contributed by atoms with van der Waals surface area (Å²) >= 11 is 1.22. The van der Waals surface area contributed by atoms with Crippen LogP contribution in [0, 0.1) is 0 Å². The molecule has 0 saturated heterocycles. The van der Waals surface area contributed by atoms with Gasteiger partial charge in [-0.05, 0) is 42.6 Å². The molecule has 2 aromatic rings. The zero-order valence-electron chi connectivity index (χ0n) is 11.7. The average molecular weight is 323 g/mol. The minimum Gasteiger partial charge on any atom is -0.490 e. The molecule has 0 aliphatic rings. The van der Waals surface area contributed by atoms with Crippen LogP contribution in [0.15, 0.2) is 58.6 Å². The number of nitrogens with zero attached hydrogens (tertiary/aromatic N) is 1. The van der Waals surface area contributed by atoms with Gasteiger partial charge in [-0.15, -0.1) is 11.3 Å². The Balaban J connectivity index is 2.27. The summed E-state index contributed by atoms with van der Waals surface area (Å²) in [6, 6.07) is 10.3. The largest absolute Gasteiger partial charge is 0.490 e. The van der Waals surface area contributed by atoms with E-state index in [2.05, 4.69) is 6.58 Å². The van der Waals surface area contributed by atoms with Crippen molar-refractivity contribution < 1.29 is 13.2 Å². The van der Waals surface area contributed by atoms with Crippen LogP contribution in [-0.2, 0) is 10.0 Å². The van der Waals surface area contributed by atoms with Crippen LogP contribution in [-0.4, -0.2) is 21.6 Å². The summed E-state index contributed by atoms with van der Waals surface area (Å²) in [5.74, 6) is 0.684. The first-order valence-corrected chi connectivity index (χ1v) is 8.81. The molecule has 0 saturated carbocycles. The second-order valence-corrected chi connectivity index (χ2v) is 7.23. The number of rotatable bonds is 7. The van der Waals surface area contributed by atoms with Gasteiger partial charge in [-0.1, -0.05) is 18.7 Å². The van der Waals surface area contributed by atoms with Crippen LogP contribution in [0.1, 0.15) is 6.92 Å². The lowest BCUT2D eigenvalue weighted by Gasteiger charge is -2.22. The normalized spacial score (nSPS) is 11.1. The molecule has 4 nitrogen and oxygen atoms in total. The predicted octanol–water partition coefficient (Wildman–Crippen LogP) is 3.53. The summed E-state index contributed by atoms with van der Waals surface area (Å²) in [5.41, 5.74) is 0.622. The van der Waals surface area contributed by atoms with E-state index >= 15 is 0 Å². The molecule has 0 amide bonds. The summed E-state index contributed by atoms with van der Waals surface area (Å²) in [6.45, 7) is 6.19. The van der Waals surface area contributed by atoms with E-state index in [9.17, 15) is 8.42 Å². The van der Waals surface area contributed by atoms with Crippen LogP contribution >= 0.6 is 11.3 Å². The summed E-state index contributed by atoms with van der Waals surface area (Å²) in [7, 11) is -3.50. The van der Waals surface area contributed by atoms with Gasteiger partial charge in [0.15, 0.2) is 0 Å². The van der Waals surface area contributed by atoms with E-state index in [1.165, 1.54) is 15.6 Å². The van der Waals surface area contributed by atoms with Crippen LogP contribution in [0.3, 0.4) is 0 Å². The molecule has 0 aliphatic heterocycles. The molecule has 0 bridgehead atoms. The lowest BCUT2D eigenvalue weighted by molar-refractivity contribution is 0.363. The van der Waals surface area contributed by atoms with Crippen molar-refractivity contribution >= 4 is 27.0 Å². The van der Waals surface area contributed by atoms with Gasteiger partial charge in [0.1, 0.15) is 16.6 Å². The molecular weight excluding hydrogens is 306 g/mol. The molecule has 21 heavy (non-hydrogen) atoms. The van der Waals surface area contributed by atoms with E-state index in [4.69, 9.17) is 4.74 Å². The Kier molecular flexibility index (Phi) is 5.03. The van der Waals surface area contributed by atoms with Crippen LogP contribution in [0.2, 0.25) is 0 Å². The molecule has 0 aliphatic carbocycles. The SMILES string of the molecule is C=CCOc1ccc(N(CC)S(=O)(=O)c2cccs2)cc1. The molecule has 2 rings (SSSR count). The number of thiophene rings is 1. The fourth-order valence-electron chi connectivity index (χ4n) is 1.87. The van der Waals surface area contributed by atoms with E-state index in [0.717, 1.165) is 0 Å². The molecule has 1 aromatic carbocycles. The van der Waals surface area contributed by atoms with Gasteiger partial charge < -0.3 is 4.74 Å². The van der Waals surface area contributed by atoms with Gasteiger partial charge in [0.05, 0.1) is 5.69 Å². The molecule has 0 atom stereocenters. The lowest BCUT2D eigenvalue weighted by Crippen LogP contribution is -2.30. The number of anilines is 1. The zero-order chi connectivity index (χ0) is 15.3. The molecular formula is C15H17NO3S2. The molecule has 0 spiro atoms. The Morgan fingerprint density at radius 1 is 1.29 bits per heavy atom. The van der Waals surface area contributed by atoms with Crippen molar-refractivity contribution in [3.63, 3.8) is 0 Å². The Morgan fingerprint density at radius 3 is 2.52 bits per heavy atom. The van der Waals surface area contributed by atoms with Crippen LogP contribution in [0.4, 0.5) is 5.69 Å². The van der Waals surface area contributed by atoms with E-state index in [0.29, 0.717) is 28.8 Å². The van der Waals surface area contributed by atoms with Crippen molar-refractivity contribution in [1.29, 1.82) is 0 Å². The Morgan fingerprint density at radius 2 is 2.00 bits per heavy atom. The second-order valence-electron chi connectivity index (χ2n) is 4.20. The van der Waals surface area contributed by atoms with Crippen molar-refractivity contribution in [2.75, 3.05) is 17.5 Å². The molecule has 0 unspecified atom stereocenters. The smallest absolute Gasteiger partial charge is 0.273 e. The molecule has 0 N–H and O–H groups in total. The maximum absolute atomic E-state index is 12.6. The standard InChI is InChI=1S/C15H17NO3S2/c1-3-11-19-14-9-7-13(8-10-14)16(4-2)21(17,18)15-6-5-12-20-15/h3,5-10,12H,1,4,11H2,2H3. The van der Waals surface area contributed by atoms with Crippen molar-refractivity contribution in [3.8, 4) is 5.75 Å². The first kappa shape index (κ1) is 15.6. The highest BCUT2D eigenvalue weighted by atomic mass is 32.2. The first-order chi connectivity index (χ1) is 10.1. The maximum Gasteiger partial charge on any atom is 0.273 e. The highest BCUT2D eigenvalue weighted by Crippen LogP contribution is 2.27. The molecule has 112 valence electrons. The third-order valence-corrected chi connectivity index (χ3v) is 6.10. The summed E-state index contributed by atoms with van der Waals surface area (Å²) < 4.78 is 32.3. The number of ether oxygens (including phenoxy) is 1. The van der Waals surface area contributed by atoms with E-state index in [-0.39, 0.29) is 0 Å². The quantitative estimate of drug-likeness (QED) is 0.732. The fraction of sp³-hybridized carbons (Fsp3) is 0.200.